The van der Waals surface area contributed by atoms with Gasteiger partial charge >= 0.3 is 6.03 Å². The van der Waals surface area contributed by atoms with E-state index in [0.717, 1.165) is 21.3 Å². The Morgan fingerprint density at radius 1 is 1.24 bits per heavy atom. The van der Waals surface area contributed by atoms with Crippen molar-refractivity contribution in [2.24, 2.45) is 0 Å². The molecular formula is C16H15N3OS. The molecule has 0 aliphatic rings. The summed E-state index contributed by atoms with van der Waals surface area (Å²) in [5, 5.41) is 9.83. The third-order valence-corrected chi connectivity index (χ3v) is 4.30. The number of hydrogen-bond acceptors (Lipinski definition) is 3. The van der Waals surface area contributed by atoms with E-state index in [1.807, 2.05) is 48.7 Å². The van der Waals surface area contributed by atoms with Crippen LogP contribution in [0.4, 0.5) is 10.5 Å². The van der Waals surface area contributed by atoms with E-state index in [2.05, 4.69) is 15.6 Å². The van der Waals surface area contributed by atoms with Gasteiger partial charge in [0.05, 0.1) is 11.7 Å². The van der Waals surface area contributed by atoms with Gasteiger partial charge in [0.25, 0.3) is 0 Å². The number of aromatic nitrogens is 1. The highest BCUT2D eigenvalue weighted by Gasteiger charge is 2.11. The molecule has 0 saturated heterocycles. The second kappa shape index (κ2) is 5.93. The summed E-state index contributed by atoms with van der Waals surface area (Å²) in [6.45, 7) is 1.97. The van der Waals surface area contributed by atoms with Crippen LogP contribution < -0.4 is 10.6 Å². The molecule has 2 amide bonds. The van der Waals surface area contributed by atoms with E-state index in [1.165, 1.54) is 0 Å². The van der Waals surface area contributed by atoms with Crippen LogP contribution >= 0.6 is 11.3 Å². The summed E-state index contributed by atoms with van der Waals surface area (Å²) in [6.07, 6.45) is 3.51. The van der Waals surface area contributed by atoms with E-state index in [1.54, 1.807) is 23.7 Å². The van der Waals surface area contributed by atoms with Crippen molar-refractivity contribution in [3.63, 3.8) is 0 Å². The SMILES string of the molecule is C[C@H](NC(=O)Nc1cccc2cnccc12)c1cccs1. The van der Waals surface area contributed by atoms with E-state index in [9.17, 15) is 4.79 Å². The fourth-order valence-corrected chi connectivity index (χ4v) is 2.93. The van der Waals surface area contributed by atoms with E-state index in [4.69, 9.17) is 0 Å². The molecule has 3 aromatic rings. The third-order valence-electron chi connectivity index (χ3n) is 3.25. The summed E-state index contributed by atoms with van der Waals surface area (Å²) in [5.41, 5.74) is 0.783. The quantitative estimate of drug-likeness (QED) is 0.762. The van der Waals surface area contributed by atoms with Crippen molar-refractivity contribution in [3.05, 3.63) is 59.0 Å². The molecule has 0 unspecified atom stereocenters. The largest absolute Gasteiger partial charge is 0.331 e. The first-order valence-corrected chi connectivity index (χ1v) is 7.55. The molecule has 0 bridgehead atoms. The molecule has 1 aromatic carbocycles. The maximum absolute atomic E-state index is 12.1. The van der Waals surface area contributed by atoms with Gasteiger partial charge in [-0.05, 0) is 30.5 Å². The molecule has 0 spiro atoms. The Bertz CT molecular complexity index is 750. The van der Waals surface area contributed by atoms with Crippen LogP contribution in [0.25, 0.3) is 10.8 Å². The molecule has 21 heavy (non-hydrogen) atoms. The highest BCUT2D eigenvalue weighted by Crippen LogP contribution is 2.23. The van der Waals surface area contributed by atoms with Gasteiger partial charge in [0.1, 0.15) is 0 Å². The number of hydrogen-bond donors (Lipinski definition) is 2. The summed E-state index contributed by atoms with van der Waals surface area (Å²) in [4.78, 5) is 17.3. The average Bonchev–Trinajstić information content (AvgIpc) is 3.02. The van der Waals surface area contributed by atoms with Gasteiger partial charge in [0, 0.05) is 28.0 Å². The maximum atomic E-state index is 12.1. The number of nitrogens with zero attached hydrogens (tertiary/aromatic N) is 1. The van der Waals surface area contributed by atoms with Crippen LogP contribution in [0.5, 0.6) is 0 Å². The predicted octanol–water partition coefficient (Wildman–Crippen LogP) is 4.18. The Morgan fingerprint density at radius 2 is 2.14 bits per heavy atom. The lowest BCUT2D eigenvalue weighted by molar-refractivity contribution is 0.249. The number of amides is 2. The zero-order chi connectivity index (χ0) is 14.7. The Balaban J connectivity index is 1.75. The van der Waals surface area contributed by atoms with Crippen LogP contribution in [-0.4, -0.2) is 11.0 Å². The molecule has 3 rings (SSSR count). The van der Waals surface area contributed by atoms with Crippen molar-refractivity contribution in [1.29, 1.82) is 0 Å². The number of nitrogens with one attached hydrogen (secondary N) is 2. The summed E-state index contributed by atoms with van der Waals surface area (Å²) < 4.78 is 0. The number of benzene rings is 1. The van der Waals surface area contributed by atoms with Gasteiger partial charge in [-0.3, -0.25) is 4.98 Å². The van der Waals surface area contributed by atoms with E-state index in [0.29, 0.717) is 0 Å². The van der Waals surface area contributed by atoms with Crippen LogP contribution in [0.3, 0.4) is 0 Å². The number of fused-ring (bicyclic) bond motifs is 1. The van der Waals surface area contributed by atoms with Gasteiger partial charge in [0.15, 0.2) is 0 Å². The Labute approximate surface area is 126 Å². The zero-order valence-electron chi connectivity index (χ0n) is 11.5. The minimum atomic E-state index is -0.208. The molecule has 0 aliphatic carbocycles. The summed E-state index contributed by atoms with van der Waals surface area (Å²) >= 11 is 1.63. The number of anilines is 1. The van der Waals surface area contributed by atoms with Crippen molar-refractivity contribution >= 4 is 33.8 Å². The molecule has 4 nitrogen and oxygen atoms in total. The van der Waals surface area contributed by atoms with Gasteiger partial charge < -0.3 is 10.6 Å². The predicted molar refractivity (Wildman–Crippen MR) is 86.6 cm³/mol. The number of carbonyl (C=O) groups excluding carboxylic acids is 1. The first-order valence-electron chi connectivity index (χ1n) is 6.68. The molecule has 0 aliphatic heterocycles. The fourth-order valence-electron chi connectivity index (χ4n) is 2.20. The second-order valence-electron chi connectivity index (χ2n) is 4.74. The normalized spacial score (nSPS) is 12.0. The Hall–Kier alpha value is -2.40. The number of pyridine rings is 1. The van der Waals surface area contributed by atoms with Crippen LogP contribution in [0.15, 0.2) is 54.2 Å². The Morgan fingerprint density at radius 3 is 2.95 bits per heavy atom. The number of urea groups is 1. The topological polar surface area (TPSA) is 54.0 Å². The van der Waals surface area contributed by atoms with Crippen molar-refractivity contribution < 1.29 is 4.79 Å². The van der Waals surface area contributed by atoms with E-state index < -0.39 is 0 Å². The van der Waals surface area contributed by atoms with Crippen LogP contribution in [-0.2, 0) is 0 Å². The lowest BCUT2D eigenvalue weighted by Crippen LogP contribution is -2.30. The molecule has 106 valence electrons. The highest BCUT2D eigenvalue weighted by molar-refractivity contribution is 7.10. The highest BCUT2D eigenvalue weighted by atomic mass is 32.1. The molecule has 0 saturated carbocycles. The molecule has 1 atom stereocenters. The molecule has 2 N–H and O–H groups in total. The van der Waals surface area contributed by atoms with Crippen molar-refractivity contribution in [3.8, 4) is 0 Å². The van der Waals surface area contributed by atoms with Crippen molar-refractivity contribution in [1.82, 2.24) is 10.3 Å². The van der Waals surface area contributed by atoms with Crippen molar-refractivity contribution in [2.45, 2.75) is 13.0 Å². The average molecular weight is 297 g/mol. The number of thiophene rings is 1. The monoisotopic (exact) mass is 297 g/mol. The summed E-state index contributed by atoms with van der Waals surface area (Å²) in [6, 6.07) is 11.4. The maximum Gasteiger partial charge on any atom is 0.319 e. The molecule has 2 aromatic heterocycles. The summed E-state index contributed by atoms with van der Waals surface area (Å²) in [5.74, 6) is 0. The third kappa shape index (κ3) is 3.03. The minimum absolute atomic E-state index is 0.0124. The minimum Gasteiger partial charge on any atom is -0.331 e. The molecule has 0 fully saturated rings. The summed E-state index contributed by atoms with van der Waals surface area (Å²) in [7, 11) is 0. The fraction of sp³-hybridized carbons (Fsp3) is 0.125. The Kier molecular flexibility index (Phi) is 3.83. The molecular weight excluding hydrogens is 282 g/mol. The standard InChI is InChI=1S/C16H15N3OS/c1-11(15-6-3-9-21-15)18-16(20)19-14-5-2-4-12-10-17-8-7-13(12)14/h2-11H,1H3,(H2,18,19,20)/t11-/m0/s1. The van der Waals surface area contributed by atoms with Gasteiger partial charge in [-0.25, -0.2) is 4.79 Å². The van der Waals surface area contributed by atoms with Gasteiger partial charge in [0.2, 0.25) is 0 Å². The zero-order valence-corrected chi connectivity index (χ0v) is 12.4. The van der Waals surface area contributed by atoms with Crippen LogP contribution in [0.1, 0.15) is 17.8 Å². The van der Waals surface area contributed by atoms with Gasteiger partial charge in [-0.15, -0.1) is 11.3 Å². The lowest BCUT2D eigenvalue weighted by atomic mass is 10.1. The lowest BCUT2D eigenvalue weighted by Gasteiger charge is -2.14. The second-order valence-corrected chi connectivity index (χ2v) is 5.72. The van der Waals surface area contributed by atoms with E-state index >= 15 is 0 Å². The first-order chi connectivity index (χ1) is 10.2. The van der Waals surface area contributed by atoms with Crippen LogP contribution in [0.2, 0.25) is 0 Å². The smallest absolute Gasteiger partial charge is 0.319 e. The van der Waals surface area contributed by atoms with Gasteiger partial charge in [-0.2, -0.15) is 0 Å². The number of carbonyl (C=O) groups is 1. The first kappa shape index (κ1) is 13.6. The van der Waals surface area contributed by atoms with Crippen molar-refractivity contribution in [2.75, 3.05) is 5.32 Å². The molecule has 5 heteroatoms. The molecule has 2 heterocycles. The molecule has 0 radical (unpaired) electrons. The number of rotatable bonds is 3. The van der Waals surface area contributed by atoms with Gasteiger partial charge in [-0.1, -0.05) is 18.2 Å². The van der Waals surface area contributed by atoms with E-state index in [-0.39, 0.29) is 12.1 Å². The van der Waals surface area contributed by atoms with Crippen LogP contribution in [0, 0.1) is 0 Å².